The number of methoxy groups -OCH3 is 2. The number of rotatable bonds is 3. The number of aromatic nitrogens is 1. The van der Waals surface area contributed by atoms with Gasteiger partial charge in [0.1, 0.15) is 44.4 Å². The van der Waals surface area contributed by atoms with Crippen molar-refractivity contribution in [3.63, 3.8) is 0 Å². The third-order valence-corrected chi connectivity index (χ3v) is 3.45. The number of nitrogens with zero attached hydrogens (tertiary/aromatic N) is 3. The highest BCUT2D eigenvalue weighted by atomic mass is 32.1. The maximum atomic E-state index is 8.75. The number of nitriles is 2. The van der Waals surface area contributed by atoms with Crippen LogP contribution in [0.1, 0.15) is 5.01 Å². The van der Waals surface area contributed by atoms with E-state index in [1.807, 2.05) is 0 Å². The van der Waals surface area contributed by atoms with Crippen LogP contribution in [0.4, 0.5) is 0 Å². The van der Waals surface area contributed by atoms with Crippen LogP contribution >= 0.6 is 11.3 Å². The first-order chi connectivity index (χ1) is 9.23. The number of hydrogen-bond donors (Lipinski definition) is 0. The van der Waals surface area contributed by atoms with Crippen molar-refractivity contribution in [2.24, 2.45) is 0 Å². The molecule has 0 aliphatic rings. The normalized spacial score (nSPS) is 9.47. The summed E-state index contributed by atoms with van der Waals surface area (Å²) in [6.45, 7) is 0. The molecule has 0 aliphatic heterocycles. The van der Waals surface area contributed by atoms with Gasteiger partial charge in [0.05, 0.1) is 14.2 Å². The van der Waals surface area contributed by atoms with E-state index in [4.69, 9.17) is 20.0 Å². The lowest BCUT2D eigenvalue weighted by Gasteiger charge is -2.03. The molecule has 0 amide bonds. The summed E-state index contributed by atoms with van der Waals surface area (Å²) in [5.74, 6) is 1.31. The first-order valence-corrected chi connectivity index (χ1v) is 6.08. The first kappa shape index (κ1) is 12.9. The molecule has 0 radical (unpaired) electrons. The summed E-state index contributed by atoms with van der Waals surface area (Å²) >= 11 is 1.34. The standard InChI is InChI=1S/C13H9N3O2S/c1-17-9-3-4-10(18-2)13-12(9)16-11(19-13)5-8(6-14)7-15/h3-5H,1-2H3. The molecule has 0 N–H and O–H groups in total. The Labute approximate surface area is 113 Å². The van der Waals surface area contributed by atoms with Gasteiger partial charge in [0.2, 0.25) is 0 Å². The lowest BCUT2D eigenvalue weighted by Crippen LogP contribution is -1.87. The van der Waals surface area contributed by atoms with Crippen LogP contribution in [0.25, 0.3) is 16.3 Å². The van der Waals surface area contributed by atoms with E-state index in [1.54, 1.807) is 38.5 Å². The van der Waals surface area contributed by atoms with E-state index in [9.17, 15) is 0 Å². The lowest BCUT2D eigenvalue weighted by atomic mass is 10.3. The van der Waals surface area contributed by atoms with Crippen molar-refractivity contribution in [1.29, 1.82) is 10.5 Å². The Hall–Kier alpha value is -2.57. The van der Waals surface area contributed by atoms with Crippen molar-refractivity contribution >= 4 is 27.6 Å². The highest BCUT2D eigenvalue weighted by Gasteiger charge is 2.13. The average Bonchev–Trinajstić information content (AvgIpc) is 2.87. The molecule has 6 heteroatoms. The summed E-state index contributed by atoms with van der Waals surface area (Å²) in [6, 6.07) is 7.17. The van der Waals surface area contributed by atoms with Gasteiger partial charge in [-0.2, -0.15) is 10.5 Å². The van der Waals surface area contributed by atoms with E-state index in [0.717, 1.165) is 4.70 Å². The molecule has 0 bridgehead atoms. The third kappa shape index (κ3) is 2.35. The average molecular weight is 271 g/mol. The van der Waals surface area contributed by atoms with Gasteiger partial charge in [0, 0.05) is 6.08 Å². The van der Waals surface area contributed by atoms with Crippen molar-refractivity contribution in [3.05, 3.63) is 22.7 Å². The number of benzene rings is 1. The van der Waals surface area contributed by atoms with E-state index in [2.05, 4.69) is 4.98 Å². The van der Waals surface area contributed by atoms with Gasteiger partial charge in [0.15, 0.2) is 0 Å². The highest BCUT2D eigenvalue weighted by molar-refractivity contribution is 7.19. The molecule has 1 heterocycles. The van der Waals surface area contributed by atoms with Gasteiger partial charge in [-0.15, -0.1) is 11.3 Å². The minimum atomic E-state index is 0.0111. The molecule has 1 aromatic carbocycles. The molecule has 0 spiro atoms. The predicted molar refractivity (Wildman–Crippen MR) is 71.9 cm³/mol. The van der Waals surface area contributed by atoms with E-state index >= 15 is 0 Å². The quantitative estimate of drug-likeness (QED) is 0.802. The molecule has 1 aromatic heterocycles. The number of thiazole rings is 1. The van der Waals surface area contributed by atoms with Gasteiger partial charge in [0.25, 0.3) is 0 Å². The van der Waals surface area contributed by atoms with Crippen LogP contribution in [0.5, 0.6) is 11.5 Å². The Morgan fingerprint density at radius 2 is 1.84 bits per heavy atom. The molecule has 2 rings (SSSR count). The van der Waals surface area contributed by atoms with Crippen molar-refractivity contribution in [2.45, 2.75) is 0 Å². The van der Waals surface area contributed by atoms with Crippen LogP contribution in [0.15, 0.2) is 17.7 Å². The van der Waals surface area contributed by atoms with Crippen molar-refractivity contribution in [3.8, 4) is 23.6 Å². The maximum absolute atomic E-state index is 8.75. The zero-order chi connectivity index (χ0) is 13.8. The van der Waals surface area contributed by atoms with Gasteiger partial charge in [-0.3, -0.25) is 0 Å². The van der Waals surface area contributed by atoms with Crippen LogP contribution in [-0.4, -0.2) is 19.2 Å². The molecule has 94 valence electrons. The second-order valence-electron chi connectivity index (χ2n) is 3.48. The van der Waals surface area contributed by atoms with Gasteiger partial charge in [-0.25, -0.2) is 4.98 Å². The number of ether oxygens (including phenoxy) is 2. The largest absolute Gasteiger partial charge is 0.495 e. The molecule has 0 atom stereocenters. The Bertz CT molecular complexity index is 678. The summed E-state index contributed by atoms with van der Waals surface area (Å²) < 4.78 is 11.3. The van der Waals surface area contributed by atoms with Crippen LogP contribution in [0.3, 0.4) is 0 Å². The fourth-order valence-electron chi connectivity index (χ4n) is 1.58. The van der Waals surface area contributed by atoms with Crippen LogP contribution in [0.2, 0.25) is 0 Å². The summed E-state index contributed by atoms with van der Waals surface area (Å²) in [5, 5.41) is 18.1. The minimum Gasteiger partial charge on any atom is -0.495 e. The van der Waals surface area contributed by atoms with Gasteiger partial charge >= 0.3 is 0 Å². The van der Waals surface area contributed by atoms with E-state index in [0.29, 0.717) is 22.0 Å². The SMILES string of the molecule is COc1ccc(OC)c2sc(C=C(C#N)C#N)nc12. The Morgan fingerprint density at radius 1 is 1.21 bits per heavy atom. The van der Waals surface area contributed by atoms with E-state index in [-0.39, 0.29) is 5.57 Å². The Balaban J connectivity index is 2.66. The zero-order valence-electron chi connectivity index (χ0n) is 10.3. The van der Waals surface area contributed by atoms with Crippen LogP contribution in [0, 0.1) is 22.7 Å². The van der Waals surface area contributed by atoms with Gasteiger partial charge in [-0.1, -0.05) is 0 Å². The molecular formula is C13H9N3O2S. The molecule has 0 saturated heterocycles. The summed E-state index contributed by atoms with van der Waals surface area (Å²) in [5.41, 5.74) is 0.672. The zero-order valence-corrected chi connectivity index (χ0v) is 11.1. The second kappa shape index (κ2) is 5.38. The van der Waals surface area contributed by atoms with Crippen LogP contribution < -0.4 is 9.47 Å². The molecule has 0 fully saturated rings. The van der Waals surface area contributed by atoms with E-state index in [1.165, 1.54) is 17.4 Å². The Morgan fingerprint density at radius 3 is 2.42 bits per heavy atom. The number of allylic oxidation sites excluding steroid dienone is 1. The second-order valence-corrected chi connectivity index (χ2v) is 4.51. The number of fused-ring (bicyclic) bond motifs is 1. The monoisotopic (exact) mass is 271 g/mol. The van der Waals surface area contributed by atoms with Gasteiger partial charge < -0.3 is 9.47 Å². The maximum Gasteiger partial charge on any atom is 0.146 e. The number of hydrogen-bond acceptors (Lipinski definition) is 6. The molecule has 0 unspecified atom stereocenters. The molecule has 0 saturated carbocycles. The third-order valence-electron chi connectivity index (χ3n) is 2.44. The Kier molecular flexibility index (Phi) is 3.65. The van der Waals surface area contributed by atoms with Crippen molar-refractivity contribution < 1.29 is 9.47 Å². The molecule has 2 aromatic rings. The molecule has 5 nitrogen and oxygen atoms in total. The molecular weight excluding hydrogens is 262 g/mol. The highest BCUT2D eigenvalue weighted by Crippen LogP contribution is 2.37. The van der Waals surface area contributed by atoms with Gasteiger partial charge in [-0.05, 0) is 12.1 Å². The molecule has 0 aliphatic carbocycles. The minimum absolute atomic E-state index is 0.0111. The summed E-state index contributed by atoms with van der Waals surface area (Å²) in [4.78, 5) is 4.36. The lowest BCUT2D eigenvalue weighted by molar-refractivity contribution is 0.410. The fourth-order valence-corrected chi connectivity index (χ4v) is 2.59. The molecule has 19 heavy (non-hydrogen) atoms. The van der Waals surface area contributed by atoms with Crippen molar-refractivity contribution in [2.75, 3.05) is 14.2 Å². The van der Waals surface area contributed by atoms with E-state index < -0.39 is 0 Å². The smallest absolute Gasteiger partial charge is 0.146 e. The summed E-state index contributed by atoms with van der Waals surface area (Å²) in [7, 11) is 3.14. The van der Waals surface area contributed by atoms with Crippen LogP contribution in [-0.2, 0) is 0 Å². The fraction of sp³-hybridized carbons (Fsp3) is 0.154. The predicted octanol–water partition coefficient (Wildman–Crippen LogP) is 2.74. The van der Waals surface area contributed by atoms with Crippen molar-refractivity contribution in [1.82, 2.24) is 4.98 Å². The first-order valence-electron chi connectivity index (χ1n) is 5.27. The summed E-state index contributed by atoms with van der Waals surface area (Å²) in [6.07, 6.45) is 1.45. The topological polar surface area (TPSA) is 78.9 Å².